The first-order valence-electron chi connectivity index (χ1n) is 11.9. The first-order valence-corrected chi connectivity index (χ1v) is 11.9. The Labute approximate surface area is 194 Å². The van der Waals surface area contributed by atoms with Crippen LogP contribution in [0.25, 0.3) is 0 Å². The van der Waals surface area contributed by atoms with Crippen molar-refractivity contribution < 1.29 is 9.13 Å². The second-order valence-corrected chi connectivity index (χ2v) is 8.66. The van der Waals surface area contributed by atoms with E-state index in [1.807, 2.05) is 0 Å². The monoisotopic (exact) mass is 458 g/mol. The van der Waals surface area contributed by atoms with Gasteiger partial charge in [0.2, 0.25) is 17.8 Å². The van der Waals surface area contributed by atoms with Gasteiger partial charge in [-0.15, -0.1) is 0 Å². The number of piperidine rings is 1. The molecule has 2 aromatic rings. The van der Waals surface area contributed by atoms with Crippen LogP contribution in [0, 0.1) is 11.7 Å². The van der Waals surface area contributed by atoms with E-state index in [0.29, 0.717) is 35.5 Å². The Morgan fingerprint density at radius 2 is 1.79 bits per heavy atom. The van der Waals surface area contributed by atoms with E-state index in [-0.39, 0.29) is 5.75 Å². The molecule has 2 aliphatic rings. The zero-order valence-corrected chi connectivity index (χ0v) is 19.5. The van der Waals surface area contributed by atoms with Gasteiger partial charge in [0.15, 0.2) is 11.6 Å². The highest BCUT2D eigenvalue weighted by Gasteiger charge is 2.23. The van der Waals surface area contributed by atoms with Crippen molar-refractivity contribution in [1.29, 1.82) is 0 Å². The molecule has 10 heteroatoms. The highest BCUT2D eigenvalue weighted by atomic mass is 19.1. The van der Waals surface area contributed by atoms with Crippen LogP contribution in [0.5, 0.6) is 5.75 Å². The SMILES string of the molecule is CCN1CCCC1CNc1nc(NCC2CCNCC2)nc(Nc2ccc(OC)c(F)c2)n1. The smallest absolute Gasteiger partial charge is 0.233 e. The lowest BCUT2D eigenvalue weighted by Crippen LogP contribution is -2.35. The number of anilines is 4. The molecule has 0 saturated carbocycles. The van der Waals surface area contributed by atoms with Crippen molar-refractivity contribution in [3.05, 3.63) is 24.0 Å². The molecule has 4 rings (SSSR count). The van der Waals surface area contributed by atoms with Crippen LogP contribution >= 0.6 is 0 Å². The van der Waals surface area contributed by atoms with Crippen molar-refractivity contribution in [2.45, 2.75) is 38.6 Å². The van der Waals surface area contributed by atoms with Gasteiger partial charge < -0.3 is 26.0 Å². The molecule has 2 aliphatic heterocycles. The van der Waals surface area contributed by atoms with E-state index in [9.17, 15) is 4.39 Å². The van der Waals surface area contributed by atoms with Gasteiger partial charge in [-0.2, -0.15) is 15.0 Å². The molecule has 0 radical (unpaired) electrons. The van der Waals surface area contributed by atoms with Gasteiger partial charge in [-0.25, -0.2) is 4.39 Å². The van der Waals surface area contributed by atoms with Crippen LogP contribution in [0.4, 0.5) is 27.9 Å². The van der Waals surface area contributed by atoms with E-state index in [1.54, 1.807) is 12.1 Å². The molecule has 1 aromatic heterocycles. The van der Waals surface area contributed by atoms with Gasteiger partial charge in [-0.05, 0) is 69.9 Å². The van der Waals surface area contributed by atoms with Crippen molar-refractivity contribution in [2.75, 3.05) is 62.3 Å². The molecule has 1 atom stereocenters. The normalized spacial score (nSPS) is 19.4. The third kappa shape index (κ3) is 6.42. The predicted octanol–water partition coefficient (Wildman–Crippen LogP) is 3.07. The molecule has 0 amide bonds. The van der Waals surface area contributed by atoms with E-state index in [2.05, 4.69) is 48.0 Å². The molecule has 3 heterocycles. The number of likely N-dealkylation sites (N-methyl/N-ethyl adjacent to an activating group) is 1. The lowest BCUT2D eigenvalue weighted by Gasteiger charge is -2.23. The lowest BCUT2D eigenvalue weighted by molar-refractivity contribution is 0.277. The van der Waals surface area contributed by atoms with Crippen molar-refractivity contribution >= 4 is 23.5 Å². The molecule has 0 bridgehead atoms. The molecule has 1 unspecified atom stereocenters. The number of nitrogens with one attached hydrogen (secondary N) is 4. The van der Waals surface area contributed by atoms with Crippen molar-refractivity contribution in [3.8, 4) is 5.75 Å². The second-order valence-electron chi connectivity index (χ2n) is 8.66. The van der Waals surface area contributed by atoms with E-state index < -0.39 is 5.82 Å². The summed E-state index contributed by atoms with van der Waals surface area (Å²) in [5.41, 5.74) is 0.544. The van der Waals surface area contributed by atoms with Gasteiger partial charge in [0.05, 0.1) is 7.11 Å². The van der Waals surface area contributed by atoms with Crippen LogP contribution in [0.2, 0.25) is 0 Å². The zero-order valence-electron chi connectivity index (χ0n) is 19.5. The number of benzene rings is 1. The van der Waals surface area contributed by atoms with Gasteiger partial charge >= 0.3 is 0 Å². The van der Waals surface area contributed by atoms with Crippen LogP contribution in [-0.2, 0) is 0 Å². The quantitative estimate of drug-likeness (QED) is 0.428. The predicted molar refractivity (Wildman–Crippen MR) is 129 cm³/mol. The average Bonchev–Trinajstić information content (AvgIpc) is 3.30. The maximum absolute atomic E-state index is 14.1. The number of likely N-dealkylation sites (tertiary alicyclic amines) is 1. The molecule has 0 aliphatic carbocycles. The van der Waals surface area contributed by atoms with E-state index in [4.69, 9.17) is 4.74 Å². The molecule has 2 fully saturated rings. The standard InChI is InChI=1S/C23H35FN8O/c1-3-32-12-4-5-18(32)15-27-22-29-21(26-14-16-8-10-25-11-9-16)30-23(31-22)28-17-6-7-20(33-2)19(24)13-17/h6-7,13,16,18,25H,3-5,8-12,14-15H2,1-2H3,(H3,26,27,28,29,30,31). The molecule has 0 spiro atoms. The fourth-order valence-electron chi connectivity index (χ4n) is 4.54. The Kier molecular flexibility index (Phi) is 8.11. The fraction of sp³-hybridized carbons (Fsp3) is 0.609. The highest BCUT2D eigenvalue weighted by molar-refractivity contribution is 5.57. The number of rotatable bonds is 10. The summed E-state index contributed by atoms with van der Waals surface area (Å²) in [6, 6.07) is 5.16. The van der Waals surface area contributed by atoms with Crippen LogP contribution < -0.4 is 26.0 Å². The Balaban J connectivity index is 1.48. The van der Waals surface area contributed by atoms with Gasteiger partial charge in [-0.1, -0.05) is 6.92 Å². The van der Waals surface area contributed by atoms with E-state index in [1.165, 1.54) is 26.0 Å². The maximum Gasteiger partial charge on any atom is 0.233 e. The summed E-state index contributed by atoms with van der Waals surface area (Å²) in [4.78, 5) is 16.2. The number of methoxy groups -OCH3 is 1. The summed E-state index contributed by atoms with van der Waals surface area (Å²) < 4.78 is 19.2. The number of nitrogens with zero attached hydrogens (tertiary/aromatic N) is 4. The van der Waals surface area contributed by atoms with E-state index in [0.717, 1.165) is 52.1 Å². The summed E-state index contributed by atoms with van der Waals surface area (Å²) in [6.07, 6.45) is 4.65. The molecule has 33 heavy (non-hydrogen) atoms. The third-order valence-electron chi connectivity index (χ3n) is 6.45. The van der Waals surface area contributed by atoms with Crippen molar-refractivity contribution in [1.82, 2.24) is 25.2 Å². The first kappa shape index (κ1) is 23.4. The Morgan fingerprint density at radius 3 is 2.48 bits per heavy atom. The topological polar surface area (TPSA) is 99.3 Å². The summed E-state index contributed by atoms with van der Waals surface area (Å²) in [5.74, 6) is 1.73. The van der Waals surface area contributed by atoms with E-state index >= 15 is 0 Å². The second kappa shape index (κ2) is 11.4. The maximum atomic E-state index is 14.1. The van der Waals surface area contributed by atoms with Crippen LogP contribution in [0.1, 0.15) is 32.6 Å². The minimum atomic E-state index is -0.444. The van der Waals surface area contributed by atoms with Crippen molar-refractivity contribution in [2.24, 2.45) is 5.92 Å². The third-order valence-corrected chi connectivity index (χ3v) is 6.45. The zero-order chi connectivity index (χ0) is 23.0. The van der Waals surface area contributed by atoms with Crippen LogP contribution in [0.15, 0.2) is 18.2 Å². The number of halogens is 1. The van der Waals surface area contributed by atoms with Crippen LogP contribution in [-0.4, -0.2) is 72.3 Å². The Bertz CT molecular complexity index is 908. The molecule has 180 valence electrons. The molecule has 1 aromatic carbocycles. The minimum Gasteiger partial charge on any atom is -0.494 e. The number of ether oxygens (including phenoxy) is 1. The number of hydrogen-bond acceptors (Lipinski definition) is 9. The van der Waals surface area contributed by atoms with Gasteiger partial charge in [0, 0.05) is 30.9 Å². The molecule has 2 saturated heterocycles. The summed E-state index contributed by atoms with van der Waals surface area (Å²) in [7, 11) is 1.44. The van der Waals surface area contributed by atoms with Gasteiger partial charge in [0.1, 0.15) is 0 Å². The summed E-state index contributed by atoms with van der Waals surface area (Å²) in [5, 5.41) is 13.3. The minimum absolute atomic E-state index is 0.194. The van der Waals surface area contributed by atoms with Gasteiger partial charge in [-0.3, -0.25) is 4.90 Å². The lowest BCUT2D eigenvalue weighted by atomic mass is 9.98. The highest BCUT2D eigenvalue weighted by Crippen LogP contribution is 2.24. The number of hydrogen-bond donors (Lipinski definition) is 4. The van der Waals surface area contributed by atoms with Gasteiger partial charge in [0.25, 0.3) is 0 Å². The summed E-state index contributed by atoms with van der Waals surface area (Å²) >= 11 is 0. The molecular weight excluding hydrogens is 423 g/mol. The Hall–Kier alpha value is -2.72. The molecule has 9 nitrogen and oxygen atoms in total. The summed E-state index contributed by atoms with van der Waals surface area (Å²) in [6.45, 7) is 8.06. The largest absolute Gasteiger partial charge is 0.494 e. The molecule has 4 N–H and O–H groups in total. The Morgan fingerprint density at radius 1 is 1.06 bits per heavy atom. The average molecular weight is 459 g/mol. The fourth-order valence-corrected chi connectivity index (χ4v) is 4.54. The van der Waals surface area contributed by atoms with Crippen LogP contribution in [0.3, 0.4) is 0 Å². The number of aromatic nitrogens is 3. The molecular formula is C23H35FN8O. The first-order chi connectivity index (χ1) is 16.1. The van der Waals surface area contributed by atoms with Crippen molar-refractivity contribution in [3.63, 3.8) is 0 Å².